The quantitative estimate of drug-likeness (QED) is 0.845. The van der Waals surface area contributed by atoms with E-state index in [0.717, 1.165) is 19.6 Å². The molecule has 1 aromatic carbocycles. The lowest BCUT2D eigenvalue weighted by molar-refractivity contribution is 0.174. The number of hydrogen-bond acceptors (Lipinski definition) is 3. The van der Waals surface area contributed by atoms with Gasteiger partial charge in [0.05, 0.1) is 0 Å². The molecule has 0 spiro atoms. The number of hydrogen-bond donors (Lipinski definition) is 0. The monoisotopic (exact) mass is 282 g/mol. The standard InChI is InChI=1S/C17H22N4/c1-2-6-16(7-3-1)8-4-10-20-11-5-9-17(12-20)13-21-15-18-14-19-21/h1-4,6-8,14-15,17H,5,9-13H2/b8-4-/t17-/m1/s1. The molecule has 110 valence electrons. The molecule has 1 saturated heterocycles. The van der Waals surface area contributed by atoms with Gasteiger partial charge in [0.25, 0.3) is 0 Å². The van der Waals surface area contributed by atoms with Gasteiger partial charge in [0.2, 0.25) is 0 Å². The van der Waals surface area contributed by atoms with Crippen molar-refractivity contribution >= 4 is 6.08 Å². The van der Waals surface area contributed by atoms with Crippen LogP contribution >= 0.6 is 0 Å². The number of likely N-dealkylation sites (tertiary alicyclic amines) is 1. The first-order chi connectivity index (χ1) is 10.4. The SMILES string of the molecule is C(=C/c1ccccc1)/CN1CCC[C@@H](Cn2cncn2)C1. The Hall–Kier alpha value is -1.94. The molecule has 21 heavy (non-hydrogen) atoms. The number of aromatic nitrogens is 3. The maximum Gasteiger partial charge on any atom is 0.137 e. The largest absolute Gasteiger partial charge is 0.299 e. The Kier molecular flexibility index (Phi) is 4.79. The Morgan fingerprint density at radius 3 is 2.95 bits per heavy atom. The molecule has 1 aliphatic rings. The molecule has 0 radical (unpaired) electrons. The molecule has 4 heteroatoms. The second-order valence-electron chi connectivity index (χ2n) is 5.70. The summed E-state index contributed by atoms with van der Waals surface area (Å²) in [5.41, 5.74) is 1.27. The van der Waals surface area contributed by atoms with E-state index in [0.29, 0.717) is 5.92 Å². The highest BCUT2D eigenvalue weighted by atomic mass is 15.3. The molecule has 4 nitrogen and oxygen atoms in total. The van der Waals surface area contributed by atoms with E-state index in [1.165, 1.54) is 24.9 Å². The van der Waals surface area contributed by atoms with Crippen LogP contribution < -0.4 is 0 Å². The Morgan fingerprint density at radius 2 is 2.14 bits per heavy atom. The Balaban J connectivity index is 1.48. The fourth-order valence-electron chi connectivity index (χ4n) is 2.96. The number of benzene rings is 1. The van der Waals surface area contributed by atoms with Crippen molar-refractivity contribution in [3.8, 4) is 0 Å². The van der Waals surface area contributed by atoms with Gasteiger partial charge >= 0.3 is 0 Å². The lowest BCUT2D eigenvalue weighted by Crippen LogP contribution is -2.37. The van der Waals surface area contributed by atoms with Gasteiger partial charge in [-0.2, -0.15) is 5.10 Å². The number of piperidine rings is 1. The summed E-state index contributed by atoms with van der Waals surface area (Å²) in [6.45, 7) is 4.37. The van der Waals surface area contributed by atoms with Crippen molar-refractivity contribution in [3.05, 3.63) is 54.6 Å². The van der Waals surface area contributed by atoms with Crippen LogP contribution in [-0.2, 0) is 6.54 Å². The van der Waals surface area contributed by atoms with Gasteiger partial charge in [0.15, 0.2) is 0 Å². The van der Waals surface area contributed by atoms with Crippen LogP contribution in [0.1, 0.15) is 18.4 Å². The van der Waals surface area contributed by atoms with Gasteiger partial charge in [-0.1, -0.05) is 42.5 Å². The molecule has 1 aliphatic heterocycles. The maximum absolute atomic E-state index is 4.21. The Labute approximate surface area is 126 Å². The molecular weight excluding hydrogens is 260 g/mol. The van der Waals surface area contributed by atoms with E-state index in [9.17, 15) is 0 Å². The smallest absolute Gasteiger partial charge is 0.137 e. The van der Waals surface area contributed by atoms with Crippen LogP contribution in [-0.4, -0.2) is 39.3 Å². The third kappa shape index (κ3) is 4.26. The van der Waals surface area contributed by atoms with Crippen molar-refractivity contribution < 1.29 is 0 Å². The molecule has 0 amide bonds. The zero-order valence-corrected chi connectivity index (χ0v) is 12.3. The van der Waals surface area contributed by atoms with Gasteiger partial charge in [-0.25, -0.2) is 4.98 Å². The highest BCUT2D eigenvalue weighted by Gasteiger charge is 2.19. The average Bonchev–Trinajstić information content (AvgIpc) is 3.02. The van der Waals surface area contributed by atoms with Crippen LogP contribution in [0.5, 0.6) is 0 Å². The normalized spacial score (nSPS) is 20.1. The highest BCUT2D eigenvalue weighted by Crippen LogP contribution is 2.17. The van der Waals surface area contributed by atoms with Crippen molar-refractivity contribution in [2.45, 2.75) is 19.4 Å². The average molecular weight is 282 g/mol. The summed E-state index contributed by atoms with van der Waals surface area (Å²) in [6.07, 6.45) is 10.5. The predicted molar refractivity (Wildman–Crippen MR) is 84.7 cm³/mol. The minimum atomic E-state index is 0.686. The van der Waals surface area contributed by atoms with E-state index in [2.05, 4.69) is 57.5 Å². The summed E-state index contributed by atoms with van der Waals surface area (Å²) in [6, 6.07) is 10.5. The molecule has 3 rings (SSSR count). The van der Waals surface area contributed by atoms with Crippen LogP contribution in [0.15, 0.2) is 49.1 Å². The summed E-state index contributed by atoms with van der Waals surface area (Å²) in [5.74, 6) is 0.686. The highest BCUT2D eigenvalue weighted by molar-refractivity contribution is 5.48. The fourth-order valence-corrected chi connectivity index (χ4v) is 2.96. The molecule has 0 saturated carbocycles. The van der Waals surface area contributed by atoms with E-state index < -0.39 is 0 Å². The maximum atomic E-state index is 4.21. The summed E-state index contributed by atoms with van der Waals surface area (Å²) >= 11 is 0. The lowest BCUT2D eigenvalue weighted by Gasteiger charge is -2.31. The molecular formula is C17H22N4. The molecule has 1 fully saturated rings. The third-order valence-electron chi connectivity index (χ3n) is 3.99. The van der Waals surface area contributed by atoms with Crippen LogP contribution in [0, 0.1) is 5.92 Å². The molecule has 2 heterocycles. The zero-order chi connectivity index (χ0) is 14.3. The van der Waals surface area contributed by atoms with Crippen molar-refractivity contribution in [2.24, 2.45) is 5.92 Å². The topological polar surface area (TPSA) is 34.0 Å². The minimum absolute atomic E-state index is 0.686. The van der Waals surface area contributed by atoms with Crippen molar-refractivity contribution in [2.75, 3.05) is 19.6 Å². The summed E-state index contributed by atoms with van der Waals surface area (Å²) in [5, 5.41) is 4.21. The first-order valence-electron chi connectivity index (χ1n) is 7.66. The Morgan fingerprint density at radius 1 is 1.24 bits per heavy atom. The van der Waals surface area contributed by atoms with Crippen molar-refractivity contribution in [1.29, 1.82) is 0 Å². The first kappa shape index (κ1) is 14.0. The molecule has 0 bridgehead atoms. The first-order valence-corrected chi connectivity index (χ1v) is 7.66. The molecule has 0 aliphatic carbocycles. The fraction of sp³-hybridized carbons (Fsp3) is 0.412. The predicted octanol–water partition coefficient (Wildman–Crippen LogP) is 2.70. The van der Waals surface area contributed by atoms with Crippen molar-refractivity contribution in [3.63, 3.8) is 0 Å². The van der Waals surface area contributed by atoms with Gasteiger partial charge in [-0.05, 0) is 30.9 Å². The van der Waals surface area contributed by atoms with E-state index in [1.54, 1.807) is 6.33 Å². The van der Waals surface area contributed by atoms with Crippen LogP contribution in [0.3, 0.4) is 0 Å². The molecule has 1 aromatic heterocycles. The number of nitrogens with zero attached hydrogens (tertiary/aromatic N) is 4. The molecule has 0 N–H and O–H groups in total. The zero-order valence-electron chi connectivity index (χ0n) is 12.3. The molecule has 0 unspecified atom stereocenters. The van der Waals surface area contributed by atoms with Crippen molar-refractivity contribution in [1.82, 2.24) is 19.7 Å². The Bertz CT molecular complexity index is 547. The van der Waals surface area contributed by atoms with E-state index >= 15 is 0 Å². The second kappa shape index (κ2) is 7.18. The van der Waals surface area contributed by atoms with Gasteiger partial charge in [-0.15, -0.1) is 0 Å². The van der Waals surface area contributed by atoms with Gasteiger partial charge in [0.1, 0.15) is 12.7 Å². The summed E-state index contributed by atoms with van der Waals surface area (Å²) in [7, 11) is 0. The lowest BCUT2D eigenvalue weighted by atomic mass is 9.98. The molecule has 2 aromatic rings. The van der Waals surface area contributed by atoms with Gasteiger partial charge in [-0.3, -0.25) is 9.58 Å². The van der Waals surface area contributed by atoms with Gasteiger partial charge in [0, 0.05) is 19.6 Å². The van der Waals surface area contributed by atoms with Gasteiger partial charge < -0.3 is 0 Å². The van der Waals surface area contributed by atoms with Crippen LogP contribution in [0.4, 0.5) is 0 Å². The number of rotatable bonds is 5. The summed E-state index contributed by atoms with van der Waals surface area (Å²) in [4.78, 5) is 6.55. The summed E-state index contributed by atoms with van der Waals surface area (Å²) < 4.78 is 1.95. The van der Waals surface area contributed by atoms with Crippen LogP contribution in [0.2, 0.25) is 0 Å². The van der Waals surface area contributed by atoms with E-state index in [-0.39, 0.29) is 0 Å². The third-order valence-corrected chi connectivity index (χ3v) is 3.99. The second-order valence-corrected chi connectivity index (χ2v) is 5.70. The van der Waals surface area contributed by atoms with E-state index in [1.807, 2.05) is 11.0 Å². The molecule has 1 atom stereocenters. The minimum Gasteiger partial charge on any atom is -0.299 e. The van der Waals surface area contributed by atoms with Crippen LogP contribution in [0.25, 0.3) is 6.08 Å². The van der Waals surface area contributed by atoms with E-state index in [4.69, 9.17) is 0 Å².